The van der Waals surface area contributed by atoms with Crippen LogP contribution in [0, 0.1) is 5.92 Å². The lowest BCUT2D eigenvalue weighted by Crippen LogP contribution is -2.20. The van der Waals surface area contributed by atoms with Crippen molar-refractivity contribution in [1.29, 1.82) is 0 Å². The van der Waals surface area contributed by atoms with E-state index >= 15 is 0 Å². The predicted molar refractivity (Wildman–Crippen MR) is 76.0 cm³/mol. The number of nitrogens with one attached hydrogen (secondary N) is 1. The third-order valence-corrected chi connectivity index (χ3v) is 3.85. The zero-order valence-corrected chi connectivity index (χ0v) is 11.6. The first-order valence-electron chi connectivity index (χ1n) is 7.29. The van der Waals surface area contributed by atoms with E-state index in [0.717, 1.165) is 31.2 Å². The molecule has 0 bridgehead atoms. The molecule has 0 spiro atoms. The molecule has 1 fully saturated rings. The van der Waals surface area contributed by atoms with Gasteiger partial charge >= 0.3 is 0 Å². The minimum absolute atomic E-state index is 0.468. The van der Waals surface area contributed by atoms with E-state index in [-0.39, 0.29) is 0 Å². The molecule has 0 radical (unpaired) electrons. The Morgan fingerprint density at radius 3 is 2.44 bits per heavy atom. The summed E-state index contributed by atoms with van der Waals surface area (Å²) in [5.74, 6) is 1.81. The molecule has 2 rings (SSSR count). The van der Waals surface area contributed by atoms with Gasteiger partial charge in [0.25, 0.3) is 0 Å². The van der Waals surface area contributed by atoms with Gasteiger partial charge in [-0.2, -0.15) is 0 Å². The quantitative estimate of drug-likeness (QED) is 0.788. The molecule has 1 aliphatic carbocycles. The number of ether oxygens (including phenoxy) is 1. The molecule has 1 unspecified atom stereocenters. The van der Waals surface area contributed by atoms with Gasteiger partial charge in [0.05, 0.1) is 6.61 Å². The van der Waals surface area contributed by atoms with Gasteiger partial charge in [-0.3, -0.25) is 0 Å². The van der Waals surface area contributed by atoms with Crippen LogP contribution in [0.4, 0.5) is 0 Å². The molecule has 1 saturated carbocycles. The van der Waals surface area contributed by atoms with Gasteiger partial charge in [-0.15, -0.1) is 0 Å². The molecule has 0 amide bonds. The normalized spacial score (nSPS) is 17.2. The molecule has 1 aromatic carbocycles. The van der Waals surface area contributed by atoms with Gasteiger partial charge in [-0.1, -0.05) is 32.4 Å². The first kappa shape index (κ1) is 13.4. The molecule has 1 atom stereocenters. The van der Waals surface area contributed by atoms with Gasteiger partial charge in [-0.25, -0.2) is 0 Å². The summed E-state index contributed by atoms with van der Waals surface area (Å²) in [6.07, 6.45) is 5.19. The average Bonchev–Trinajstić information content (AvgIpc) is 2.35. The highest BCUT2D eigenvalue weighted by molar-refractivity contribution is 5.29. The topological polar surface area (TPSA) is 21.3 Å². The van der Waals surface area contributed by atoms with Gasteiger partial charge < -0.3 is 10.1 Å². The van der Waals surface area contributed by atoms with Crippen molar-refractivity contribution in [2.75, 3.05) is 13.2 Å². The van der Waals surface area contributed by atoms with Gasteiger partial charge in [0.1, 0.15) is 5.75 Å². The van der Waals surface area contributed by atoms with Gasteiger partial charge in [-0.05, 0) is 49.4 Å². The van der Waals surface area contributed by atoms with Crippen LogP contribution in [0.2, 0.25) is 0 Å². The molecule has 1 aromatic rings. The number of benzene rings is 1. The third kappa shape index (κ3) is 3.49. The van der Waals surface area contributed by atoms with E-state index in [1.54, 1.807) is 0 Å². The maximum Gasteiger partial charge on any atom is 0.119 e. The Bertz CT molecular complexity index is 343. The van der Waals surface area contributed by atoms with Crippen molar-refractivity contribution >= 4 is 0 Å². The largest absolute Gasteiger partial charge is 0.493 e. The Hall–Kier alpha value is -1.02. The minimum Gasteiger partial charge on any atom is -0.493 e. The Labute approximate surface area is 111 Å². The van der Waals surface area contributed by atoms with Crippen molar-refractivity contribution < 1.29 is 4.74 Å². The van der Waals surface area contributed by atoms with Crippen LogP contribution < -0.4 is 10.1 Å². The highest BCUT2D eigenvalue weighted by Crippen LogP contribution is 2.27. The average molecular weight is 247 g/mol. The number of hydrogen-bond donors (Lipinski definition) is 1. The molecule has 0 aromatic heterocycles. The summed E-state index contributed by atoms with van der Waals surface area (Å²) in [5.41, 5.74) is 1.36. The molecule has 1 N–H and O–H groups in total. The lowest BCUT2D eigenvalue weighted by atomic mass is 9.86. The van der Waals surface area contributed by atoms with Crippen molar-refractivity contribution in [1.82, 2.24) is 5.32 Å². The van der Waals surface area contributed by atoms with E-state index in [0.29, 0.717) is 6.04 Å². The lowest BCUT2D eigenvalue weighted by molar-refractivity contribution is 0.180. The Morgan fingerprint density at radius 2 is 1.94 bits per heavy atom. The van der Waals surface area contributed by atoms with Crippen LogP contribution in [0.15, 0.2) is 24.3 Å². The molecule has 18 heavy (non-hydrogen) atoms. The Balaban J connectivity index is 1.87. The third-order valence-electron chi connectivity index (χ3n) is 3.85. The summed E-state index contributed by atoms with van der Waals surface area (Å²) < 4.78 is 5.82. The summed E-state index contributed by atoms with van der Waals surface area (Å²) in [7, 11) is 0. The summed E-state index contributed by atoms with van der Waals surface area (Å²) in [4.78, 5) is 0. The zero-order chi connectivity index (χ0) is 12.8. The van der Waals surface area contributed by atoms with Gasteiger partial charge in [0, 0.05) is 6.04 Å². The second-order valence-corrected chi connectivity index (χ2v) is 5.20. The summed E-state index contributed by atoms with van der Waals surface area (Å²) >= 11 is 0. The van der Waals surface area contributed by atoms with Crippen LogP contribution in [0.1, 0.15) is 51.1 Å². The number of rotatable bonds is 7. The Morgan fingerprint density at radius 1 is 1.22 bits per heavy atom. The molecule has 2 heteroatoms. The fraction of sp³-hybridized carbons (Fsp3) is 0.625. The van der Waals surface area contributed by atoms with Crippen molar-refractivity contribution in [3.63, 3.8) is 0 Å². The molecule has 100 valence electrons. The van der Waals surface area contributed by atoms with E-state index in [9.17, 15) is 0 Å². The minimum atomic E-state index is 0.468. The summed E-state index contributed by atoms with van der Waals surface area (Å²) in [6.45, 7) is 6.27. The fourth-order valence-electron chi connectivity index (χ4n) is 2.41. The summed E-state index contributed by atoms with van der Waals surface area (Å²) in [6, 6.07) is 9.05. The monoisotopic (exact) mass is 247 g/mol. The zero-order valence-electron chi connectivity index (χ0n) is 11.6. The molecular weight excluding hydrogens is 222 g/mol. The Kier molecular flexibility index (Phi) is 5.06. The van der Waals surface area contributed by atoms with E-state index in [4.69, 9.17) is 4.74 Å². The fourth-order valence-corrected chi connectivity index (χ4v) is 2.41. The van der Waals surface area contributed by atoms with Gasteiger partial charge in [0.15, 0.2) is 0 Å². The van der Waals surface area contributed by atoms with E-state index in [1.807, 2.05) is 0 Å². The lowest BCUT2D eigenvalue weighted by Gasteiger charge is -2.25. The first-order valence-corrected chi connectivity index (χ1v) is 7.29. The molecule has 2 nitrogen and oxygen atoms in total. The van der Waals surface area contributed by atoms with Crippen LogP contribution in [-0.4, -0.2) is 13.2 Å². The first-order chi connectivity index (χ1) is 8.83. The second kappa shape index (κ2) is 6.79. The van der Waals surface area contributed by atoms with Crippen molar-refractivity contribution in [2.45, 2.75) is 45.6 Å². The van der Waals surface area contributed by atoms with E-state index in [1.165, 1.54) is 24.8 Å². The van der Waals surface area contributed by atoms with E-state index < -0.39 is 0 Å². The van der Waals surface area contributed by atoms with Crippen LogP contribution in [0.3, 0.4) is 0 Å². The van der Waals surface area contributed by atoms with E-state index in [2.05, 4.69) is 43.4 Å². The van der Waals surface area contributed by atoms with Crippen molar-refractivity contribution in [3.8, 4) is 5.75 Å². The van der Waals surface area contributed by atoms with Crippen LogP contribution in [-0.2, 0) is 0 Å². The van der Waals surface area contributed by atoms with Crippen molar-refractivity contribution in [3.05, 3.63) is 29.8 Å². The van der Waals surface area contributed by atoms with Gasteiger partial charge in [0.2, 0.25) is 0 Å². The summed E-state index contributed by atoms with van der Waals surface area (Å²) in [5, 5.41) is 3.50. The smallest absolute Gasteiger partial charge is 0.119 e. The highest BCUT2D eigenvalue weighted by Gasteiger charge is 2.17. The molecular formula is C16H25NO. The number of hydrogen-bond acceptors (Lipinski definition) is 2. The highest BCUT2D eigenvalue weighted by atomic mass is 16.5. The molecule has 1 aliphatic rings. The molecule has 0 aliphatic heterocycles. The predicted octanol–water partition coefficient (Wildman–Crippen LogP) is 3.93. The van der Waals surface area contributed by atoms with Crippen LogP contribution in [0.5, 0.6) is 5.75 Å². The molecule has 0 heterocycles. The molecule has 0 saturated heterocycles. The maximum atomic E-state index is 5.82. The second-order valence-electron chi connectivity index (χ2n) is 5.20. The van der Waals surface area contributed by atoms with Crippen molar-refractivity contribution in [2.24, 2.45) is 5.92 Å². The maximum absolute atomic E-state index is 5.82. The van der Waals surface area contributed by atoms with Crippen LogP contribution >= 0.6 is 0 Å². The standard InChI is InChI=1S/C16H25NO/c1-3-16(17-4-2)14-8-10-15(11-9-14)18-12-13-6-5-7-13/h8-11,13,16-17H,3-7,12H2,1-2H3. The van der Waals surface area contributed by atoms with Crippen LogP contribution in [0.25, 0.3) is 0 Å². The SMILES string of the molecule is CCNC(CC)c1ccc(OCC2CCC2)cc1.